The zero-order valence-corrected chi connectivity index (χ0v) is 9.82. The number of hydrogen-bond donors (Lipinski definition) is 2. The maximum Gasteiger partial charge on any atom is 0.132 e. The minimum absolute atomic E-state index is 0.134. The molecule has 0 spiro atoms. The Morgan fingerprint density at radius 2 is 2.00 bits per heavy atom. The summed E-state index contributed by atoms with van der Waals surface area (Å²) in [6, 6.07) is 4.27. The molecule has 0 aromatic heterocycles. The van der Waals surface area contributed by atoms with Gasteiger partial charge in [0.1, 0.15) is 17.7 Å². The van der Waals surface area contributed by atoms with Gasteiger partial charge in [-0.05, 0) is 25.0 Å². The van der Waals surface area contributed by atoms with Gasteiger partial charge in [-0.3, -0.25) is 0 Å². The molecule has 1 fully saturated rings. The molecule has 2 N–H and O–H groups in total. The predicted octanol–water partition coefficient (Wildman–Crippen LogP) is 2.17. The van der Waals surface area contributed by atoms with Gasteiger partial charge in [0.2, 0.25) is 0 Å². The van der Waals surface area contributed by atoms with Crippen LogP contribution in [0.5, 0.6) is 5.75 Å². The summed E-state index contributed by atoms with van der Waals surface area (Å²) >= 11 is 0. The van der Waals surface area contributed by atoms with Crippen LogP contribution in [0.1, 0.15) is 37.4 Å². The minimum atomic E-state index is -1.19. The molecule has 0 heterocycles. The lowest BCUT2D eigenvalue weighted by Gasteiger charge is -2.29. The Morgan fingerprint density at radius 1 is 1.35 bits per heavy atom. The van der Waals surface area contributed by atoms with Crippen LogP contribution in [0.2, 0.25) is 0 Å². The van der Waals surface area contributed by atoms with Gasteiger partial charge in [-0.2, -0.15) is 0 Å². The fourth-order valence-corrected chi connectivity index (χ4v) is 2.41. The Bertz CT molecular complexity index is 400. The summed E-state index contributed by atoms with van der Waals surface area (Å²) in [6.45, 7) is 0. The van der Waals surface area contributed by atoms with Crippen LogP contribution >= 0.6 is 0 Å². The molecule has 1 saturated carbocycles. The summed E-state index contributed by atoms with van der Waals surface area (Å²) < 4.78 is 18.7. The molecule has 0 amide bonds. The molecule has 94 valence electrons. The van der Waals surface area contributed by atoms with Gasteiger partial charge in [-0.25, -0.2) is 4.39 Å². The average Bonchev–Trinajstić information content (AvgIpc) is 2.76. The Balaban J connectivity index is 2.27. The molecular formula is C13H17FO3. The number of aliphatic hydroxyl groups is 2. The van der Waals surface area contributed by atoms with Crippen LogP contribution in [-0.4, -0.2) is 22.9 Å². The van der Waals surface area contributed by atoms with Crippen molar-refractivity contribution < 1.29 is 19.3 Å². The van der Waals surface area contributed by atoms with Crippen molar-refractivity contribution in [1.29, 1.82) is 0 Å². The molecule has 4 heteroatoms. The SMILES string of the molecule is COc1ccc(C(O)C2(O)CCCC2)c(F)c1. The number of ether oxygens (including phenoxy) is 1. The van der Waals surface area contributed by atoms with Gasteiger partial charge in [-0.1, -0.05) is 12.8 Å². The zero-order chi connectivity index (χ0) is 12.5. The van der Waals surface area contributed by atoms with E-state index in [9.17, 15) is 14.6 Å². The van der Waals surface area contributed by atoms with Gasteiger partial charge < -0.3 is 14.9 Å². The van der Waals surface area contributed by atoms with Crippen LogP contribution in [0.4, 0.5) is 4.39 Å². The molecule has 3 nitrogen and oxygen atoms in total. The number of methoxy groups -OCH3 is 1. The Hall–Kier alpha value is -1.13. The van der Waals surface area contributed by atoms with Crippen molar-refractivity contribution in [2.24, 2.45) is 0 Å². The third kappa shape index (κ3) is 2.28. The molecule has 1 aromatic rings. The van der Waals surface area contributed by atoms with Crippen molar-refractivity contribution in [3.05, 3.63) is 29.6 Å². The predicted molar refractivity (Wildman–Crippen MR) is 61.3 cm³/mol. The van der Waals surface area contributed by atoms with Gasteiger partial charge in [0.15, 0.2) is 0 Å². The monoisotopic (exact) mass is 240 g/mol. The van der Waals surface area contributed by atoms with E-state index < -0.39 is 17.5 Å². The highest BCUT2D eigenvalue weighted by Crippen LogP contribution is 2.40. The van der Waals surface area contributed by atoms with E-state index in [1.165, 1.54) is 19.2 Å². The van der Waals surface area contributed by atoms with Gasteiger partial charge >= 0.3 is 0 Å². The molecule has 2 rings (SSSR count). The van der Waals surface area contributed by atoms with Crippen LogP contribution in [0.25, 0.3) is 0 Å². The second-order valence-electron chi connectivity index (χ2n) is 4.60. The van der Waals surface area contributed by atoms with E-state index in [1.54, 1.807) is 6.07 Å². The normalized spacial score (nSPS) is 20.2. The third-order valence-electron chi connectivity index (χ3n) is 3.48. The second kappa shape index (κ2) is 4.63. The highest BCUT2D eigenvalue weighted by atomic mass is 19.1. The molecule has 1 aliphatic carbocycles. The van der Waals surface area contributed by atoms with Crippen molar-refractivity contribution in [3.8, 4) is 5.75 Å². The first-order valence-electron chi connectivity index (χ1n) is 5.81. The van der Waals surface area contributed by atoms with Gasteiger partial charge in [0, 0.05) is 11.6 Å². The van der Waals surface area contributed by atoms with E-state index in [0.29, 0.717) is 18.6 Å². The molecule has 1 aliphatic rings. The van der Waals surface area contributed by atoms with Crippen molar-refractivity contribution >= 4 is 0 Å². The van der Waals surface area contributed by atoms with Crippen LogP contribution < -0.4 is 4.74 Å². The van der Waals surface area contributed by atoms with Crippen molar-refractivity contribution in [3.63, 3.8) is 0 Å². The Labute approximate surface area is 99.8 Å². The standard InChI is InChI=1S/C13H17FO3/c1-17-9-4-5-10(11(14)8-9)12(15)13(16)6-2-3-7-13/h4-5,8,12,15-16H,2-3,6-7H2,1H3. The van der Waals surface area contributed by atoms with E-state index in [0.717, 1.165) is 12.8 Å². The van der Waals surface area contributed by atoms with Crippen LogP contribution in [0.3, 0.4) is 0 Å². The number of aliphatic hydroxyl groups excluding tert-OH is 1. The molecule has 1 atom stereocenters. The fourth-order valence-electron chi connectivity index (χ4n) is 2.41. The largest absolute Gasteiger partial charge is 0.497 e. The van der Waals surface area contributed by atoms with Crippen molar-refractivity contribution in [1.82, 2.24) is 0 Å². The van der Waals surface area contributed by atoms with E-state index >= 15 is 0 Å². The quantitative estimate of drug-likeness (QED) is 0.851. The molecule has 17 heavy (non-hydrogen) atoms. The van der Waals surface area contributed by atoms with E-state index in [4.69, 9.17) is 4.74 Å². The molecule has 1 aromatic carbocycles. The lowest BCUT2D eigenvalue weighted by Crippen LogP contribution is -2.33. The number of benzene rings is 1. The number of halogens is 1. The van der Waals surface area contributed by atoms with Crippen molar-refractivity contribution in [2.75, 3.05) is 7.11 Å². The summed E-state index contributed by atoms with van der Waals surface area (Å²) in [4.78, 5) is 0. The molecule has 0 aliphatic heterocycles. The smallest absolute Gasteiger partial charge is 0.132 e. The second-order valence-corrected chi connectivity index (χ2v) is 4.60. The molecular weight excluding hydrogens is 223 g/mol. The Morgan fingerprint density at radius 3 is 2.53 bits per heavy atom. The average molecular weight is 240 g/mol. The topological polar surface area (TPSA) is 49.7 Å². The lowest BCUT2D eigenvalue weighted by molar-refractivity contribution is -0.0733. The number of hydrogen-bond acceptors (Lipinski definition) is 3. The molecule has 0 saturated heterocycles. The first-order valence-corrected chi connectivity index (χ1v) is 5.81. The summed E-state index contributed by atoms with van der Waals surface area (Å²) in [5.74, 6) is -0.144. The first-order chi connectivity index (χ1) is 8.07. The number of rotatable bonds is 3. The van der Waals surface area contributed by atoms with Crippen LogP contribution in [0, 0.1) is 5.82 Å². The molecule has 0 radical (unpaired) electrons. The van der Waals surface area contributed by atoms with Crippen LogP contribution in [0.15, 0.2) is 18.2 Å². The van der Waals surface area contributed by atoms with E-state index in [2.05, 4.69) is 0 Å². The van der Waals surface area contributed by atoms with Crippen LogP contribution in [-0.2, 0) is 0 Å². The van der Waals surface area contributed by atoms with E-state index in [1.807, 2.05) is 0 Å². The highest BCUT2D eigenvalue weighted by molar-refractivity contribution is 5.31. The zero-order valence-electron chi connectivity index (χ0n) is 9.82. The van der Waals surface area contributed by atoms with Gasteiger partial charge in [0.05, 0.1) is 12.7 Å². The maximum absolute atomic E-state index is 13.8. The van der Waals surface area contributed by atoms with E-state index in [-0.39, 0.29) is 5.56 Å². The Kier molecular flexibility index (Phi) is 3.35. The summed E-state index contributed by atoms with van der Waals surface area (Å²) in [6.07, 6.45) is 1.59. The highest BCUT2D eigenvalue weighted by Gasteiger charge is 2.40. The van der Waals surface area contributed by atoms with Gasteiger partial charge in [-0.15, -0.1) is 0 Å². The molecule has 0 bridgehead atoms. The minimum Gasteiger partial charge on any atom is -0.497 e. The fraction of sp³-hybridized carbons (Fsp3) is 0.538. The summed E-state index contributed by atoms with van der Waals surface area (Å²) in [7, 11) is 1.45. The van der Waals surface area contributed by atoms with Crippen molar-refractivity contribution in [2.45, 2.75) is 37.4 Å². The maximum atomic E-state index is 13.8. The summed E-state index contributed by atoms with van der Waals surface area (Å²) in [5, 5.41) is 20.3. The van der Waals surface area contributed by atoms with Gasteiger partial charge in [0.25, 0.3) is 0 Å². The third-order valence-corrected chi connectivity index (χ3v) is 3.48. The lowest BCUT2D eigenvalue weighted by atomic mass is 9.89. The first kappa shape index (κ1) is 12.3. The summed E-state index contributed by atoms with van der Waals surface area (Å²) in [5.41, 5.74) is -1.05. The molecule has 1 unspecified atom stereocenters.